The standard InChI is InChI=1S/C18H21NOS/c1-2-19(14-16-8-4-3-5-9-16)15-18-12-11-17(21-18)10-6-7-13-20/h3-5,8-9,11-12,20H,2,7,13-15H2,1H3. The lowest BCUT2D eigenvalue weighted by molar-refractivity contribution is 0.274. The molecule has 0 aliphatic rings. The van der Waals surface area contributed by atoms with Crippen LogP contribution in [-0.4, -0.2) is 23.2 Å². The normalized spacial score (nSPS) is 10.4. The van der Waals surface area contributed by atoms with Crippen LogP contribution in [0.4, 0.5) is 0 Å². The second-order valence-corrected chi connectivity index (χ2v) is 6.00. The van der Waals surface area contributed by atoms with Gasteiger partial charge in [0.25, 0.3) is 0 Å². The zero-order valence-corrected chi connectivity index (χ0v) is 13.2. The Bertz CT molecular complexity index is 594. The Labute approximate surface area is 131 Å². The van der Waals surface area contributed by atoms with Crippen molar-refractivity contribution in [2.75, 3.05) is 13.2 Å². The van der Waals surface area contributed by atoms with Crippen molar-refractivity contribution in [3.8, 4) is 11.8 Å². The van der Waals surface area contributed by atoms with Gasteiger partial charge in [-0.3, -0.25) is 4.90 Å². The highest BCUT2D eigenvalue weighted by Crippen LogP contribution is 2.18. The molecule has 0 radical (unpaired) electrons. The molecule has 1 aromatic heterocycles. The van der Waals surface area contributed by atoms with Crippen LogP contribution in [0.25, 0.3) is 0 Å². The first-order valence-corrected chi connectivity index (χ1v) is 8.08. The Kier molecular flexibility index (Phi) is 6.49. The lowest BCUT2D eigenvalue weighted by Crippen LogP contribution is -2.21. The van der Waals surface area contributed by atoms with E-state index in [1.165, 1.54) is 10.4 Å². The Morgan fingerprint density at radius 3 is 2.62 bits per heavy atom. The molecule has 2 rings (SSSR count). The van der Waals surface area contributed by atoms with Crippen LogP contribution >= 0.6 is 11.3 Å². The third-order valence-corrected chi connectivity index (χ3v) is 4.17. The maximum absolute atomic E-state index is 8.73. The summed E-state index contributed by atoms with van der Waals surface area (Å²) in [7, 11) is 0. The average molecular weight is 299 g/mol. The molecule has 0 spiro atoms. The van der Waals surface area contributed by atoms with Gasteiger partial charge in [0.15, 0.2) is 0 Å². The van der Waals surface area contributed by atoms with Gasteiger partial charge in [-0.05, 0) is 24.2 Å². The average Bonchev–Trinajstić information content (AvgIpc) is 2.95. The van der Waals surface area contributed by atoms with E-state index in [2.05, 4.69) is 66.1 Å². The number of rotatable bonds is 6. The van der Waals surface area contributed by atoms with E-state index in [0.717, 1.165) is 24.5 Å². The lowest BCUT2D eigenvalue weighted by atomic mass is 10.2. The quantitative estimate of drug-likeness (QED) is 0.825. The van der Waals surface area contributed by atoms with Crippen LogP contribution in [0.1, 0.15) is 28.7 Å². The van der Waals surface area contributed by atoms with Gasteiger partial charge < -0.3 is 5.11 Å². The van der Waals surface area contributed by atoms with E-state index in [0.29, 0.717) is 6.42 Å². The van der Waals surface area contributed by atoms with Gasteiger partial charge in [0.05, 0.1) is 11.5 Å². The van der Waals surface area contributed by atoms with Crippen LogP contribution in [0.3, 0.4) is 0 Å². The van der Waals surface area contributed by atoms with Gasteiger partial charge in [0.2, 0.25) is 0 Å². The van der Waals surface area contributed by atoms with Crippen LogP contribution in [-0.2, 0) is 13.1 Å². The fourth-order valence-electron chi connectivity index (χ4n) is 2.08. The molecule has 0 aliphatic heterocycles. The maximum atomic E-state index is 8.73. The minimum atomic E-state index is 0.131. The first kappa shape index (κ1) is 15.8. The molecule has 3 heteroatoms. The largest absolute Gasteiger partial charge is 0.395 e. The van der Waals surface area contributed by atoms with Gasteiger partial charge in [-0.25, -0.2) is 0 Å². The number of hydrogen-bond acceptors (Lipinski definition) is 3. The van der Waals surface area contributed by atoms with Gasteiger partial charge in [-0.2, -0.15) is 0 Å². The van der Waals surface area contributed by atoms with Crippen molar-refractivity contribution in [1.82, 2.24) is 4.90 Å². The Morgan fingerprint density at radius 2 is 1.90 bits per heavy atom. The molecule has 1 aromatic carbocycles. The number of hydrogen-bond donors (Lipinski definition) is 1. The Morgan fingerprint density at radius 1 is 1.10 bits per heavy atom. The Hall–Kier alpha value is -1.60. The van der Waals surface area contributed by atoms with E-state index in [1.54, 1.807) is 11.3 Å². The third-order valence-electron chi connectivity index (χ3n) is 3.19. The van der Waals surface area contributed by atoms with Crippen LogP contribution in [0.2, 0.25) is 0 Å². The summed E-state index contributed by atoms with van der Waals surface area (Å²) in [5.74, 6) is 6.07. The summed E-state index contributed by atoms with van der Waals surface area (Å²) in [6.07, 6.45) is 0.544. The molecule has 21 heavy (non-hydrogen) atoms. The van der Waals surface area contributed by atoms with Crippen molar-refractivity contribution in [1.29, 1.82) is 0 Å². The van der Waals surface area contributed by atoms with E-state index in [1.807, 2.05) is 0 Å². The number of benzene rings is 1. The van der Waals surface area contributed by atoms with Gasteiger partial charge in [-0.1, -0.05) is 49.1 Å². The van der Waals surface area contributed by atoms with Crippen molar-refractivity contribution in [2.45, 2.75) is 26.4 Å². The summed E-state index contributed by atoms with van der Waals surface area (Å²) < 4.78 is 0. The van der Waals surface area contributed by atoms with E-state index >= 15 is 0 Å². The summed E-state index contributed by atoms with van der Waals surface area (Å²) in [5.41, 5.74) is 1.35. The summed E-state index contributed by atoms with van der Waals surface area (Å²) in [6, 6.07) is 14.8. The van der Waals surface area contributed by atoms with E-state index in [-0.39, 0.29) is 6.61 Å². The minimum Gasteiger partial charge on any atom is -0.395 e. The highest BCUT2D eigenvalue weighted by molar-refractivity contribution is 7.12. The highest BCUT2D eigenvalue weighted by Gasteiger charge is 2.06. The molecule has 2 aromatic rings. The lowest BCUT2D eigenvalue weighted by Gasteiger charge is -2.19. The topological polar surface area (TPSA) is 23.5 Å². The van der Waals surface area contributed by atoms with Gasteiger partial charge in [0.1, 0.15) is 0 Å². The van der Waals surface area contributed by atoms with Crippen LogP contribution in [0.15, 0.2) is 42.5 Å². The molecular weight excluding hydrogens is 278 g/mol. The Balaban J connectivity index is 1.94. The number of aliphatic hydroxyl groups is 1. The predicted octanol–water partition coefficient (Wildman–Crippen LogP) is 3.50. The molecule has 110 valence electrons. The van der Waals surface area contributed by atoms with Crippen molar-refractivity contribution < 1.29 is 5.11 Å². The van der Waals surface area contributed by atoms with Gasteiger partial charge in [-0.15, -0.1) is 11.3 Å². The van der Waals surface area contributed by atoms with Gasteiger partial charge >= 0.3 is 0 Å². The van der Waals surface area contributed by atoms with Crippen LogP contribution < -0.4 is 0 Å². The molecule has 0 saturated carbocycles. The second kappa shape index (κ2) is 8.63. The molecule has 0 saturated heterocycles. The van der Waals surface area contributed by atoms with Crippen LogP contribution in [0.5, 0.6) is 0 Å². The van der Waals surface area contributed by atoms with Gasteiger partial charge in [0, 0.05) is 24.4 Å². The van der Waals surface area contributed by atoms with Crippen molar-refractivity contribution >= 4 is 11.3 Å². The fraction of sp³-hybridized carbons (Fsp3) is 0.333. The first-order chi connectivity index (χ1) is 10.3. The van der Waals surface area contributed by atoms with E-state index in [4.69, 9.17) is 5.11 Å². The zero-order valence-electron chi connectivity index (χ0n) is 12.4. The summed E-state index contributed by atoms with van der Waals surface area (Å²) in [6.45, 7) is 5.28. The molecular formula is C18H21NOS. The second-order valence-electron chi connectivity index (χ2n) is 4.83. The number of aliphatic hydroxyl groups excluding tert-OH is 1. The van der Waals surface area contributed by atoms with E-state index in [9.17, 15) is 0 Å². The SMILES string of the molecule is CCN(Cc1ccccc1)Cc1ccc(C#CCCO)s1. The molecule has 0 atom stereocenters. The molecule has 1 heterocycles. The number of thiophene rings is 1. The van der Waals surface area contributed by atoms with Crippen molar-refractivity contribution in [3.63, 3.8) is 0 Å². The minimum absolute atomic E-state index is 0.131. The first-order valence-electron chi connectivity index (χ1n) is 7.26. The molecule has 0 bridgehead atoms. The molecule has 0 amide bonds. The number of nitrogens with zero attached hydrogens (tertiary/aromatic N) is 1. The fourth-order valence-corrected chi connectivity index (χ4v) is 3.00. The maximum Gasteiger partial charge on any atom is 0.0771 e. The molecule has 0 fully saturated rings. The summed E-state index contributed by atoms with van der Waals surface area (Å²) >= 11 is 1.74. The van der Waals surface area contributed by atoms with E-state index < -0.39 is 0 Å². The third kappa shape index (κ3) is 5.35. The molecule has 2 nitrogen and oxygen atoms in total. The predicted molar refractivity (Wildman–Crippen MR) is 89.1 cm³/mol. The molecule has 0 unspecified atom stereocenters. The van der Waals surface area contributed by atoms with Crippen molar-refractivity contribution in [3.05, 3.63) is 57.8 Å². The van der Waals surface area contributed by atoms with Crippen LogP contribution in [0, 0.1) is 11.8 Å². The summed E-state index contributed by atoms with van der Waals surface area (Å²) in [4.78, 5) is 4.84. The monoisotopic (exact) mass is 299 g/mol. The molecule has 0 aliphatic carbocycles. The molecule has 1 N–H and O–H groups in total. The van der Waals surface area contributed by atoms with Crippen molar-refractivity contribution in [2.24, 2.45) is 0 Å². The smallest absolute Gasteiger partial charge is 0.0771 e. The zero-order chi connectivity index (χ0) is 14.9. The summed E-state index contributed by atoms with van der Waals surface area (Å²) in [5, 5.41) is 8.73. The highest BCUT2D eigenvalue weighted by atomic mass is 32.1.